The van der Waals surface area contributed by atoms with Crippen molar-refractivity contribution in [2.24, 2.45) is 0 Å². The van der Waals surface area contributed by atoms with Gasteiger partial charge < -0.3 is 9.80 Å². The molecule has 9 heteroatoms. The molecule has 1 amide bonds. The minimum Gasteiger partial charge on any atom is -0.362 e. The SMILES string of the molecule is Cc1cccc(C(=O)N2CCN(c3ccc(S(C)(=O)=O)cc3[N+](=O)[O-])CC2)c1. The van der Waals surface area contributed by atoms with Gasteiger partial charge in [0, 0.05) is 44.1 Å². The molecule has 1 aliphatic rings. The molecule has 0 N–H and O–H groups in total. The highest BCUT2D eigenvalue weighted by atomic mass is 32.2. The number of hydrogen-bond donors (Lipinski definition) is 0. The number of amides is 1. The zero-order valence-corrected chi connectivity index (χ0v) is 16.5. The number of sulfone groups is 1. The number of anilines is 1. The average molecular weight is 403 g/mol. The molecule has 28 heavy (non-hydrogen) atoms. The minimum atomic E-state index is -3.54. The van der Waals surface area contributed by atoms with E-state index in [0.29, 0.717) is 37.4 Å². The van der Waals surface area contributed by atoms with Gasteiger partial charge in [0.2, 0.25) is 0 Å². The molecule has 8 nitrogen and oxygen atoms in total. The standard InChI is InChI=1S/C19H21N3O5S/c1-14-4-3-5-15(12-14)19(23)21-10-8-20(9-11-21)17-7-6-16(28(2,26)27)13-18(17)22(24)25/h3-7,12-13H,8-11H2,1-2H3. The normalized spacial score (nSPS) is 14.8. The molecule has 0 saturated carbocycles. The Labute approximate surface area is 163 Å². The Hall–Kier alpha value is -2.94. The molecule has 0 bridgehead atoms. The Kier molecular flexibility index (Phi) is 5.37. The third kappa shape index (κ3) is 4.14. The predicted octanol–water partition coefficient (Wildman–Crippen LogP) is 2.27. The van der Waals surface area contributed by atoms with Crippen LogP contribution in [0.4, 0.5) is 11.4 Å². The van der Waals surface area contributed by atoms with Crippen molar-refractivity contribution in [1.29, 1.82) is 0 Å². The van der Waals surface area contributed by atoms with Crippen molar-refractivity contribution in [3.8, 4) is 0 Å². The maximum atomic E-state index is 12.7. The third-order valence-corrected chi connectivity index (χ3v) is 5.85. The van der Waals surface area contributed by atoms with Crippen molar-refractivity contribution < 1.29 is 18.1 Å². The Morgan fingerprint density at radius 3 is 2.32 bits per heavy atom. The number of nitrogens with zero attached hydrogens (tertiary/aromatic N) is 3. The summed E-state index contributed by atoms with van der Waals surface area (Å²) in [5, 5.41) is 11.5. The van der Waals surface area contributed by atoms with Crippen LogP contribution in [0.15, 0.2) is 47.4 Å². The van der Waals surface area contributed by atoms with Crippen LogP contribution in [-0.4, -0.2) is 56.6 Å². The lowest BCUT2D eigenvalue weighted by Crippen LogP contribution is -2.49. The van der Waals surface area contributed by atoms with Crippen LogP contribution >= 0.6 is 0 Å². The van der Waals surface area contributed by atoms with Gasteiger partial charge in [0.1, 0.15) is 5.69 Å². The van der Waals surface area contributed by atoms with Crippen molar-refractivity contribution >= 4 is 27.1 Å². The zero-order valence-electron chi connectivity index (χ0n) is 15.7. The Bertz CT molecular complexity index is 1030. The molecule has 1 aliphatic heterocycles. The van der Waals surface area contributed by atoms with Crippen molar-refractivity contribution in [3.63, 3.8) is 0 Å². The molecule has 1 saturated heterocycles. The molecule has 3 rings (SSSR count). The number of nitro benzene ring substituents is 1. The van der Waals surface area contributed by atoms with Gasteiger partial charge in [-0.3, -0.25) is 14.9 Å². The molecule has 0 aliphatic carbocycles. The van der Waals surface area contributed by atoms with E-state index in [1.54, 1.807) is 11.0 Å². The van der Waals surface area contributed by atoms with Gasteiger partial charge in [0.15, 0.2) is 9.84 Å². The molecule has 2 aromatic rings. The molecule has 0 atom stereocenters. The number of rotatable bonds is 4. The van der Waals surface area contributed by atoms with E-state index in [2.05, 4.69) is 0 Å². The summed E-state index contributed by atoms with van der Waals surface area (Å²) in [6, 6.07) is 11.3. The van der Waals surface area contributed by atoms with E-state index in [0.717, 1.165) is 17.9 Å². The number of carbonyl (C=O) groups excluding carboxylic acids is 1. The monoisotopic (exact) mass is 403 g/mol. The minimum absolute atomic E-state index is 0.0646. The lowest BCUT2D eigenvalue weighted by Gasteiger charge is -2.36. The summed E-state index contributed by atoms with van der Waals surface area (Å²) >= 11 is 0. The summed E-state index contributed by atoms with van der Waals surface area (Å²) in [6.45, 7) is 3.64. The first-order valence-electron chi connectivity index (χ1n) is 8.76. The first-order valence-corrected chi connectivity index (χ1v) is 10.7. The van der Waals surface area contributed by atoms with E-state index in [9.17, 15) is 23.3 Å². The molecule has 0 radical (unpaired) electrons. The fourth-order valence-corrected chi connectivity index (χ4v) is 3.90. The molecular weight excluding hydrogens is 382 g/mol. The zero-order chi connectivity index (χ0) is 20.5. The number of piperazine rings is 1. The van der Waals surface area contributed by atoms with E-state index in [-0.39, 0.29) is 16.5 Å². The quantitative estimate of drug-likeness (QED) is 0.573. The number of hydrogen-bond acceptors (Lipinski definition) is 6. The number of benzene rings is 2. The Morgan fingerprint density at radius 1 is 1.07 bits per heavy atom. The van der Waals surface area contributed by atoms with Gasteiger partial charge in [-0.25, -0.2) is 8.42 Å². The maximum Gasteiger partial charge on any atom is 0.293 e. The van der Waals surface area contributed by atoms with E-state index in [4.69, 9.17) is 0 Å². The number of aryl methyl sites for hydroxylation is 1. The molecule has 1 heterocycles. The fraction of sp³-hybridized carbons (Fsp3) is 0.316. The van der Waals surface area contributed by atoms with Crippen LogP contribution in [-0.2, 0) is 9.84 Å². The van der Waals surface area contributed by atoms with Crippen molar-refractivity contribution in [1.82, 2.24) is 4.90 Å². The highest BCUT2D eigenvalue weighted by Gasteiger charge is 2.27. The van der Waals surface area contributed by atoms with Crippen LogP contribution in [0.25, 0.3) is 0 Å². The van der Waals surface area contributed by atoms with Crippen LogP contribution in [0.2, 0.25) is 0 Å². The van der Waals surface area contributed by atoms with Crippen LogP contribution in [0.1, 0.15) is 15.9 Å². The molecule has 148 valence electrons. The topological polar surface area (TPSA) is 101 Å². The van der Waals surface area contributed by atoms with Crippen molar-refractivity contribution in [2.45, 2.75) is 11.8 Å². The Balaban J connectivity index is 1.78. The van der Waals surface area contributed by atoms with Gasteiger partial charge in [-0.2, -0.15) is 0 Å². The second kappa shape index (κ2) is 7.59. The Morgan fingerprint density at radius 2 is 1.75 bits per heavy atom. The largest absolute Gasteiger partial charge is 0.362 e. The van der Waals surface area contributed by atoms with E-state index < -0.39 is 14.8 Å². The first-order chi connectivity index (χ1) is 13.2. The van der Waals surface area contributed by atoms with Crippen LogP contribution in [0.5, 0.6) is 0 Å². The molecule has 2 aromatic carbocycles. The summed E-state index contributed by atoms with van der Waals surface area (Å²) in [5.41, 5.74) is 1.74. The number of carbonyl (C=O) groups is 1. The lowest BCUT2D eigenvalue weighted by atomic mass is 10.1. The lowest BCUT2D eigenvalue weighted by molar-refractivity contribution is -0.384. The third-order valence-electron chi connectivity index (χ3n) is 4.74. The van der Waals surface area contributed by atoms with Crippen LogP contribution < -0.4 is 4.90 Å². The van der Waals surface area contributed by atoms with Gasteiger partial charge in [0.05, 0.1) is 9.82 Å². The summed E-state index contributed by atoms with van der Waals surface area (Å²) in [6.07, 6.45) is 1.02. The first kappa shape index (κ1) is 19.8. The number of nitro groups is 1. The molecule has 0 spiro atoms. The van der Waals surface area contributed by atoms with E-state index in [1.165, 1.54) is 12.1 Å². The van der Waals surface area contributed by atoms with Crippen LogP contribution in [0.3, 0.4) is 0 Å². The maximum absolute atomic E-state index is 12.7. The average Bonchev–Trinajstić information content (AvgIpc) is 2.66. The summed E-state index contributed by atoms with van der Waals surface area (Å²) in [5.74, 6) is -0.0646. The van der Waals surface area contributed by atoms with Crippen LogP contribution in [0, 0.1) is 17.0 Å². The summed E-state index contributed by atoms with van der Waals surface area (Å²) in [7, 11) is -3.54. The van der Waals surface area contributed by atoms with E-state index >= 15 is 0 Å². The van der Waals surface area contributed by atoms with Crippen molar-refractivity contribution in [3.05, 3.63) is 63.7 Å². The van der Waals surface area contributed by atoms with Gasteiger partial charge in [-0.05, 0) is 31.2 Å². The van der Waals surface area contributed by atoms with E-state index in [1.807, 2.05) is 30.0 Å². The molecule has 1 fully saturated rings. The molecule has 0 aromatic heterocycles. The van der Waals surface area contributed by atoms with Gasteiger partial charge in [-0.15, -0.1) is 0 Å². The van der Waals surface area contributed by atoms with Gasteiger partial charge >= 0.3 is 0 Å². The summed E-state index contributed by atoms with van der Waals surface area (Å²) < 4.78 is 23.4. The smallest absolute Gasteiger partial charge is 0.293 e. The second-order valence-corrected chi connectivity index (χ2v) is 8.84. The van der Waals surface area contributed by atoms with Gasteiger partial charge in [-0.1, -0.05) is 17.7 Å². The molecule has 0 unspecified atom stereocenters. The molecular formula is C19H21N3O5S. The highest BCUT2D eigenvalue weighted by molar-refractivity contribution is 7.90. The second-order valence-electron chi connectivity index (χ2n) is 6.83. The van der Waals surface area contributed by atoms with Gasteiger partial charge in [0.25, 0.3) is 11.6 Å². The fourth-order valence-electron chi connectivity index (χ4n) is 3.26. The van der Waals surface area contributed by atoms with Crippen molar-refractivity contribution in [2.75, 3.05) is 37.3 Å². The highest BCUT2D eigenvalue weighted by Crippen LogP contribution is 2.31. The predicted molar refractivity (Wildman–Crippen MR) is 106 cm³/mol. The summed E-state index contributed by atoms with van der Waals surface area (Å²) in [4.78, 5) is 27.0.